The van der Waals surface area contributed by atoms with Crippen molar-refractivity contribution >= 4 is 5.69 Å². The second-order valence-corrected chi connectivity index (χ2v) is 5.66. The summed E-state index contributed by atoms with van der Waals surface area (Å²) in [7, 11) is 1.69. The van der Waals surface area contributed by atoms with Crippen molar-refractivity contribution in [2.45, 2.75) is 38.8 Å². The van der Waals surface area contributed by atoms with Gasteiger partial charge in [0.05, 0.1) is 6.61 Å². The lowest BCUT2D eigenvalue weighted by Crippen LogP contribution is -2.39. The van der Waals surface area contributed by atoms with Gasteiger partial charge in [0, 0.05) is 31.9 Å². The Morgan fingerprint density at radius 3 is 2.65 bits per heavy atom. The van der Waals surface area contributed by atoms with Gasteiger partial charge >= 0.3 is 0 Å². The van der Waals surface area contributed by atoms with Crippen molar-refractivity contribution in [1.82, 2.24) is 0 Å². The second kappa shape index (κ2) is 6.95. The lowest BCUT2D eigenvalue weighted by Gasteiger charge is -2.32. The first-order valence-corrected chi connectivity index (χ1v) is 7.37. The Morgan fingerprint density at radius 2 is 2.05 bits per heavy atom. The van der Waals surface area contributed by atoms with Crippen LogP contribution in [-0.4, -0.2) is 39.0 Å². The van der Waals surface area contributed by atoms with Gasteiger partial charge in [-0.2, -0.15) is 0 Å². The molecule has 1 aliphatic rings. The van der Waals surface area contributed by atoms with Crippen LogP contribution in [-0.2, 0) is 4.74 Å². The van der Waals surface area contributed by atoms with E-state index in [1.165, 1.54) is 11.3 Å². The normalized spacial score (nSPS) is 18.1. The molecule has 0 aliphatic carbocycles. The molecule has 1 aliphatic heterocycles. The molecule has 0 saturated carbocycles. The maximum absolute atomic E-state index is 5.95. The molecule has 112 valence electrons. The minimum Gasteiger partial charge on any atom is -0.488 e. The number of nitrogens with zero attached hydrogens (tertiary/aromatic N) is 1. The van der Waals surface area contributed by atoms with Crippen molar-refractivity contribution in [3.05, 3.63) is 23.8 Å². The van der Waals surface area contributed by atoms with Gasteiger partial charge in [0.15, 0.2) is 0 Å². The van der Waals surface area contributed by atoms with E-state index in [0.717, 1.165) is 31.7 Å². The topological polar surface area (TPSA) is 47.7 Å². The highest BCUT2D eigenvalue weighted by molar-refractivity contribution is 5.53. The summed E-state index contributed by atoms with van der Waals surface area (Å²) in [6.45, 7) is 6.80. The molecule has 1 aromatic rings. The van der Waals surface area contributed by atoms with Crippen LogP contribution in [0.2, 0.25) is 0 Å². The minimum absolute atomic E-state index is 0.0672. The maximum atomic E-state index is 5.95. The number of anilines is 1. The molecule has 0 bridgehead atoms. The molecule has 1 fully saturated rings. The van der Waals surface area contributed by atoms with Crippen molar-refractivity contribution in [1.29, 1.82) is 0 Å². The highest BCUT2D eigenvalue weighted by Gasteiger charge is 2.17. The lowest BCUT2D eigenvalue weighted by atomic mass is 10.0. The molecular formula is C16H26N2O2. The Labute approximate surface area is 121 Å². The molecule has 1 atom stereocenters. The summed E-state index contributed by atoms with van der Waals surface area (Å²) < 4.78 is 11.0. The van der Waals surface area contributed by atoms with Crippen LogP contribution >= 0.6 is 0 Å². The molecule has 0 amide bonds. The van der Waals surface area contributed by atoms with Gasteiger partial charge in [-0.15, -0.1) is 0 Å². The molecule has 4 nitrogen and oxygen atoms in total. The van der Waals surface area contributed by atoms with Gasteiger partial charge in [0.25, 0.3) is 0 Å². The fraction of sp³-hybridized carbons (Fsp3) is 0.625. The molecule has 2 N–H and O–H groups in total. The van der Waals surface area contributed by atoms with E-state index in [-0.39, 0.29) is 6.10 Å². The van der Waals surface area contributed by atoms with Gasteiger partial charge < -0.3 is 20.1 Å². The minimum atomic E-state index is 0.0672. The number of hydrogen-bond donors (Lipinski definition) is 1. The number of rotatable bonds is 5. The Bertz CT molecular complexity index is 428. The van der Waals surface area contributed by atoms with Crippen molar-refractivity contribution < 1.29 is 9.47 Å². The molecule has 2 rings (SSSR count). The lowest BCUT2D eigenvalue weighted by molar-refractivity contribution is 0.0916. The summed E-state index contributed by atoms with van der Waals surface area (Å²) in [5.74, 6) is 0.937. The van der Waals surface area contributed by atoms with Crippen molar-refractivity contribution in [3.8, 4) is 5.75 Å². The van der Waals surface area contributed by atoms with E-state index in [4.69, 9.17) is 15.2 Å². The fourth-order valence-electron chi connectivity index (χ4n) is 2.61. The third-order valence-electron chi connectivity index (χ3n) is 3.79. The third kappa shape index (κ3) is 3.87. The number of hydrogen-bond acceptors (Lipinski definition) is 4. The molecule has 1 aromatic carbocycles. The SMILES string of the molecule is COCC(C)Oc1ccc(N2CCC(N)CC2)cc1C. The number of methoxy groups -OCH3 is 1. The monoisotopic (exact) mass is 278 g/mol. The zero-order chi connectivity index (χ0) is 14.5. The average Bonchev–Trinajstić information content (AvgIpc) is 2.42. The Kier molecular flexibility index (Phi) is 5.26. The molecular weight excluding hydrogens is 252 g/mol. The summed E-state index contributed by atoms with van der Waals surface area (Å²) >= 11 is 0. The number of ether oxygens (including phenoxy) is 2. The first kappa shape index (κ1) is 15.1. The standard InChI is InChI=1S/C16H26N2O2/c1-12-10-15(18-8-6-14(17)7-9-18)4-5-16(12)20-13(2)11-19-3/h4-5,10,13-14H,6-9,11,17H2,1-3H3. The number of benzene rings is 1. The molecule has 1 heterocycles. The van der Waals surface area contributed by atoms with E-state index >= 15 is 0 Å². The number of aryl methyl sites for hydroxylation is 1. The van der Waals surface area contributed by atoms with E-state index in [2.05, 4.69) is 30.0 Å². The summed E-state index contributed by atoms with van der Waals surface area (Å²) in [5.41, 5.74) is 8.39. The van der Waals surface area contributed by atoms with Crippen molar-refractivity contribution in [2.24, 2.45) is 5.73 Å². The largest absolute Gasteiger partial charge is 0.488 e. The average molecular weight is 278 g/mol. The highest BCUT2D eigenvalue weighted by Crippen LogP contribution is 2.27. The Hall–Kier alpha value is -1.26. The van der Waals surface area contributed by atoms with E-state index in [1.807, 2.05) is 6.92 Å². The number of piperidine rings is 1. The van der Waals surface area contributed by atoms with E-state index in [1.54, 1.807) is 7.11 Å². The van der Waals surface area contributed by atoms with Crippen LogP contribution in [0.25, 0.3) is 0 Å². The van der Waals surface area contributed by atoms with Crippen LogP contribution in [0.3, 0.4) is 0 Å². The van der Waals surface area contributed by atoms with E-state index in [0.29, 0.717) is 12.6 Å². The van der Waals surface area contributed by atoms with Gasteiger partial charge in [-0.1, -0.05) is 0 Å². The maximum Gasteiger partial charge on any atom is 0.122 e. The van der Waals surface area contributed by atoms with Crippen LogP contribution in [0.15, 0.2) is 18.2 Å². The summed E-state index contributed by atoms with van der Waals surface area (Å²) in [6, 6.07) is 6.76. The Balaban J connectivity index is 2.02. The second-order valence-electron chi connectivity index (χ2n) is 5.66. The zero-order valence-electron chi connectivity index (χ0n) is 12.8. The van der Waals surface area contributed by atoms with Crippen molar-refractivity contribution in [2.75, 3.05) is 31.7 Å². The third-order valence-corrected chi connectivity index (χ3v) is 3.79. The van der Waals surface area contributed by atoms with Crippen LogP contribution in [0, 0.1) is 6.92 Å². The molecule has 0 spiro atoms. The quantitative estimate of drug-likeness (QED) is 0.898. The van der Waals surface area contributed by atoms with Gasteiger partial charge in [0.2, 0.25) is 0 Å². The molecule has 1 saturated heterocycles. The first-order valence-electron chi connectivity index (χ1n) is 7.37. The van der Waals surface area contributed by atoms with Crippen LogP contribution < -0.4 is 15.4 Å². The highest BCUT2D eigenvalue weighted by atomic mass is 16.5. The smallest absolute Gasteiger partial charge is 0.122 e. The Morgan fingerprint density at radius 1 is 1.35 bits per heavy atom. The van der Waals surface area contributed by atoms with Gasteiger partial charge in [-0.25, -0.2) is 0 Å². The predicted octanol–water partition coefficient (Wildman–Crippen LogP) is 2.34. The first-order chi connectivity index (χ1) is 9.60. The van der Waals surface area contributed by atoms with Crippen LogP contribution in [0.1, 0.15) is 25.3 Å². The molecule has 1 unspecified atom stereocenters. The van der Waals surface area contributed by atoms with E-state index < -0.39 is 0 Å². The van der Waals surface area contributed by atoms with Crippen LogP contribution in [0.5, 0.6) is 5.75 Å². The van der Waals surface area contributed by atoms with Gasteiger partial charge in [-0.3, -0.25) is 0 Å². The predicted molar refractivity (Wildman–Crippen MR) is 82.6 cm³/mol. The van der Waals surface area contributed by atoms with Crippen LogP contribution in [0.4, 0.5) is 5.69 Å². The number of nitrogens with two attached hydrogens (primary N) is 1. The molecule has 0 aromatic heterocycles. The molecule has 20 heavy (non-hydrogen) atoms. The summed E-state index contributed by atoms with van der Waals surface area (Å²) in [6.07, 6.45) is 2.21. The summed E-state index contributed by atoms with van der Waals surface area (Å²) in [5, 5.41) is 0. The zero-order valence-corrected chi connectivity index (χ0v) is 12.8. The summed E-state index contributed by atoms with van der Waals surface area (Å²) in [4.78, 5) is 2.40. The fourth-order valence-corrected chi connectivity index (χ4v) is 2.61. The van der Waals surface area contributed by atoms with Gasteiger partial charge in [-0.05, 0) is 50.5 Å². The molecule has 0 radical (unpaired) electrons. The van der Waals surface area contributed by atoms with E-state index in [9.17, 15) is 0 Å². The van der Waals surface area contributed by atoms with Crippen molar-refractivity contribution in [3.63, 3.8) is 0 Å². The van der Waals surface area contributed by atoms with Gasteiger partial charge in [0.1, 0.15) is 11.9 Å². The molecule has 4 heteroatoms.